The Morgan fingerprint density at radius 2 is 1.75 bits per heavy atom. The SMILES string of the molecule is Oc1occc1[C@@H]1CCc2ccc3c(ccc4ccccc43)c2C1. The van der Waals surface area contributed by atoms with E-state index in [1.807, 2.05) is 6.07 Å². The fraction of sp³-hybridized carbons (Fsp3) is 0.182. The van der Waals surface area contributed by atoms with E-state index in [0.717, 1.165) is 24.8 Å². The number of aromatic hydroxyl groups is 1. The molecule has 4 aromatic rings. The fourth-order valence-electron chi connectivity index (χ4n) is 4.24. The second kappa shape index (κ2) is 5.13. The third-order valence-corrected chi connectivity index (χ3v) is 5.46. The van der Waals surface area contributed by atoms with E-state index in [4.69, 9.17) is 4.42 Å². The average molecular weight is 314 g/mol. The van der Waals surface area contributed by atoms with E-state index in [1.54, 1.807) is 6.26 Å². The molecule has 0 saturated carbocycles. The second-order valence-electron chi connectivity index (χ2n) is 6.71. The summed E-state index contributed by atoms with van der Waals surface area (Å²) in [5.41, 5.74) is 3.81. The standard InChI is InChI=1S/C22H18O2/c23-22-18(11-12-24-22)16-6-5-15-8-9-19-17-4-2-1-3-14(17)7-10-20(19)21(15)13-16/h1-4,7-12,16,23H,5-6,13H2/t16-/m1/s1. The van der Waals surface area contributed by atoms with Crippen molar-refractivity contribution in [1.29, 1.82) is 0 Å². The molecule has 0 bridgehead atoms. The molecule has 1 N–H and O–H groups in total. The maximum atomic E-state index is 9.94. The average Bonchev–Trinajstić information content (AvgIpc) is 3.06. The van der Waals surface area contributed by atoms with Crippen molar-refractivity contribution in [3.05, 3.63) is 77.6 Å². The quantitative estimate of drug-likeness (QED) is 0.466. The van der Waals surface area contributed by atoms with E-state index in [0.29, 0.717) is 5.92 Å². The summed E-state index contributed by atoms with van der Waals surface area (Å²) in [6.07, 6.45) is 4.64. The lowest BCUT2D eigenvalue weighted by Crippen LogP contribution is -2.12. The minimum Gasteiger partial charge on any atom is -0.481 e. The van der Waals surface area contributed by atoms with Crippen LogP contribution in [0.2, 0.25) is 0 Å². The zero-order valence-electron chi connectivity index (χ0n) is 13.3. The molecule has 3 aromatic carbocycles. The van der Waals surface area contributed by atoms with Gasteiger partial charge in [-0.1, -0.05) is 48.5 Å². The second-order valence-corrected chi connectivity index (χ2v) is 6.71. The van der Waals surface area contributed by atoms with Gasteiger partial charge in [0.15, 0.2) is 0 Å². The van der Waals surface area contributed by atoms with Crippen LogP contribution < -0.4 is 0 Å². The molecule has 1 atom stereocenters. The molecule has 0 spiro atoms. The molecule has 0 saturated heterocycles. The van der Waals surface area contributed by atoms with Gasteiger partial charge in [-0.2, -0.15) is 0 Å². The summed E-state index contributed by atoms with van der Waals surface area (Å²) < 4.78 is 5.11. The minimum absolute atomic E-state index is 0.0779. The minimum atomic E-state index is 0.0779. The van der Waals surface area contributed by atoms with E-state index >= 15 is 0 Å². The highest BCUT2D eigenvalue weighted by Gasteiger charge is 2.25. The number of fused-ring (bicyclic) bond motifs is 5. The van der Waals surface area contributed by atoms with Gasteiger partial charge in [0, 0.05) is 5.56 Å². The van der Waals surface area contributed by atoms with Gasteiger partial charge in [0.2, 0.25) is 0 Å². The Bertz CT molecular complexity index is 1060. The van der Waals surface area contributed by atoms with Crippen molar-refractivity contribution in [3.8, 4) is 5.95 Å². The van der Waals surface area contributed by atoms with Gasteiger partial charge < -0.3 is 9.52 Å². The largest absolute Gasteiger partial charge is 0.481 e. The van der Waals surface area contributed by atoms with Gasteiger partial charge in [-0.15, -0.1) is 0 Å². The maximum Gasteiger partial charge on any atom is 0.285 e. The van der Waals surface area contributed by atoms with Gasteiger partial charge in [-0.25, -0.2) is 0 Å². The Labute approximate surface area is 140 Å². The molecule has 0 fully saturated rings. The predicted molar refractivity (Wildman–Crippen MR) is 96.6 cm³/mol. The van der Waals surface area contributed by atoms with Crippen LogP contribution in [0.3, 0.4) is 0 Å². The number of aryl methyl sites for hydroxylation is 1. The highest BCUT2D eigenvalue weighted by atomic mass is 16.5. The van der Waals surface area contributed by atoms with Gasteiger partial charge in [0.05, 0.1) is 6.26 Å². The van der Waals surface area contributed by atoms with Gasteiger partial charge in [0.25, 0.3) is 5.95 Å². The molecule has 1 aliphatic carbocycles. The van der Waals surface area contributed by atoms with Crippen molar-refractivity contribution >= 4 is 21.5 Å². The third kappa shape index (κ3) is 1.96. The van der Waals surface area contributed by atoms with Crippen LogP contribution in [0.5, 0.6) is 5.95 Å². The highest BCUT2D eigenvalue weighted by Crippen LogP contribution is 2.40. The summed E-state index contributed by atoms with van der Waals surface area (Å²) in [6, 6.07) is 19.5. The third-order valence-electron chi connectivity index (χ3n) is 5.46. The van der Waals surface area contributed by atoms with E-state index in [1.165, 1.54) is 32.7 Å². The van der Waals surface area contributed by atoms with Crippen LogP contribution in [-0.4, -0.2) is 5.11 Å². The molecule has 0 amide bonds. The first kappa shape index (κ1) is 13.7. The Hall–Kier alpha value is -2.74. The molecular formula is C22H18O2. The van der Waals surface area contributed by atoms with Crippen LogP contribution in [0.25, 0.3) is 21.5 Å². The van der Waals surface area contributed by atoms with Gasteiger partial charge >= 0.3 is 0 Å². The molecular weight excluding hydrogens is 296 g/mol. The first-order valence-corrected chi connectivity index (χ1v) is 8.50. The summed E-state index contributed by atoms with van der Waals surface area (Å²) in [4.78, 5) is 0. The lowest BCUT2D eigenvalue weighted by molar-refractivity contribution is 0.323. The summed E-state index contributed by atoms with van der Waals surface area (Å²) in [5, 5.41) is 15.2. The van der Waals surface area contributed by atoms with Gasteiger partial charge in [-0.3, -0.25) is 0 Å². The molecule has 1 heterocycles. The predicted octanol–water partition coefficient (Wildman–Crippen LogP) is 5.56. The normalized spacial score (nSPS) is 17.2. The number of benzene rings is 3. The summed E-state index contributed by atoms with van der Waals surface area (Å²) in [6.45, 7) is 0. The molecule has 0 unspecified atom stereocenters. The Balaban J connectivity index is 1.70. The van der Waals surface area contributed by atoms with Crippen molar-refractivity contribution in [3.63, 3.8) is 0 Å². The highest BCUT2D eigenvalue weighted by molar-refractivity contribution is 6.08. The zero-order chi connectivity index (χ0) is 16.1. The van der Waals surface area contributed by atoms with Crippen LogP contribution in [-0.2, 0) is 12.8 Å². The Morgan fingerprint density at radius 1 is 0.875 bits per heavy atom. The van der Waals surface area contributed by atoms with Crippen LogP contribution >= 0.6 is 0 Å². The molecule has 2 heteroatoms. The maximum absolute atomic E-state index is 9.94. The first-order chi connectivity index (χ1) is 11.8. The van der Waals surface area contributed by atoms with Crippen LogP contribution in [0.1, 0.15) is 29.0 Å². The van der Waals surface area contributed by atoms with Gasteiger partial charge in [-0.05, 0) is 63.9 Å². The number of rotatable bonds is 1. The fourth-order valence-corrected chi connectivity index (χ4v) is 4.24. The van der Waals surface area contributed by atoms with E-state index in [-0.39, 0.29) is 5.95 Å². The molecule has 24 heavy (non-hydrogen) atoms. The Kier molecular flexibility index (Phi) is 2.93. The molecule has 118 valence electrons. The molecule has 0 aliphatic heterocycles. The van der Waals surface area contributed by atoms with Crippen molar-refractivity contribution in [2.75, 3.05) is 0 Å². The molecule has 1 aromatic heterocycles. The summed E-state index contributed by atoms with van der Waals surface area (Å²) >= 11 is 0. The van der Waals surface area contributed by atoms with E-state index in [9.17, 15) is 5.11 Å². The first-order valence-electron chi connectivity index (χ1n) is 8.50. The lowest BCUT2D eigenvalue weighted by atomic mass is 9.78. The van der Waals surface area contributed by atoms with Crippen molar-refractivity contribution in [1.82, 2.24) is 0 Å². The van der Waals surface area contributed by atoms with Crippen LogP contribution in [0, 0.1) is 0 Å². The molecule has 0 radical (unpaired) electrons. The molecule has 5 rings (SSSR count). The van der Waals surface area contributed by atoms with Crippen LogP contribution in [0.4, 0.5) is 0 Å². The smallest absolute Gasteiger partial charge is 0.285 e. The molecule has 1 aliphatic rings. The monoisotopic (exact) mass is 314 g/mol. The lowest BCUT2D eigenvalue weighted by Gasteiger charge is -2.25. The van der Waals surface area contributed by atoms with Crippen LogP contribution in [0.15, 0.2) is 65.3 Å². The Morgan fingerprint density at radius 3 is 2.62 bits per heavy atom. The zero-order valence-corrected chi connectivity index (χ0v) is 13.3. The van der Waals surface area contributed by atoms with E-state index < -0.39 is 0 Å². The summed E-state index contributed by atoms with van der Waals surface area (Å²) in [5.74, 6) is 0.405. The van der Waals surface area contributed by atoms with Crippen molar-refractivity contribution < 1.29 is 9.52 Å². The van der Waals surface area contributed by atoms with Gasteiger partial charge in [0.1, 0.15) is 0 Å². The topological polar surface area (TPSA) is 33.4 Å². The summed E-state index contributed by atoms with van der Waals surface area (Å²) in [7, 11) is 0. The molecule has 2 nitrogen and oxygen atoms in total. The van der Waals surface area contributed by atoms with Crippen molar-refractivity contribution in [2.45, 2.75) is 25.2 Å². The van der Waals surface area contributed by atoms with E-state index in [2.05, 4.69) is 48.5 Å². The number of hydrogen-bond donors (Lipinski definition) is 1. The number of furan rings is 1. The van der Waals surface area contributed by atoms with Crippen molar-refractivity contribution in [2.24, 2.45) is 0 Å². The number of hydrogen-bond acceptors (Lipinski definition) is 2.